The van der Waals surface area contributed by atoms with Gasteiger partial charge in [0.25, 0.3) is 5.91 Å². The Bertz CT molecular complexity index is 1230. The highest BCUT2D eigenvalue weighted by atomic mass is 35.5. The Labute approximate surface area is 177 Å². The molecule has 2 aromatic heterocycles. The molecule has 148 valence electrons. The van der Waals surface area contributed by atoms with Crippen LogP contribution in [0, 0.1) is 0 Å². The predicted molar refractivity (Wildman–Crippen MR) is 115 cm³/mol. The first-order valence-electron chi connectivity index (χ1n) is 9.13. The maximum Gasteiger partial charge on any atom is 0.339 e. The van der Waals surface area contributed by atoms with Crippen molar-refractivity contribution in [3.05, 3.63) is 89.7 Å². The van der Waals surface area contributed by atoms with Crippen LogP contribution in [0.1, 0.15) is 10.4 Å². The smallest absolute Gasteiger partial charge is 0.339 e. The van der Waals surface area contributed by atoms with Crippen molar-refractivity contribution in [2.75, 3.05) is 11.9 Å². The van der Waals surface area contributed by atoms with Crippen LogP contribution in [-0.4, -0.2) is 28.5 Å². The molecular weight excluding hydrogens is 402 g/mol. The van der Waals surface area contributed by atoms with Crippen LogP contribution in [0.5, 0.6) is 0 Å². The lowest BCUT2D eigenvalue weighted by Gasteiger charge is -2.11. The van der Waals surface area contributed by atoms with Crippen molar-refractivity contribution >= 4 is 40.1 Å². The van der Waals surface area contributed by atoms with Crippen molar-refractivity contribution in [2.45, 2.75) is 0 Å². The number of halogens is 1. The number of amides is 1. The molecule has 0 aliphatic heterocycles. The molecule has 2 aromatic carbocycles. The number of esters is 1. The molecule has 7 heteroatoms. The SMILES string of the molecule is O=C(COC(=O)c1cc(-c2ccncc2)nc2ccccc12)Nc1ccccc1Cl. The third-order valence-electron chi connectivity index (χ3n) is 4.39. The van der Waals surface area contributed by atoms with Gasteiger partial charge >= 0.3 is 5.97 Å². The second-order valence-corrected chi connectivity index (χ2v) is 6.82. The molecule has 4 rings (SSSR count). The van der Waals surface area contributed by atoms with Crippen LogP contribution in [0.2, 0.25) is 5.02 Å². The summed E-state index contributed by atoms with van der Waals surface area (Å²) in [5.41, 5.74) is 2.87. The van der Waals surface area contributed by atoms with Gasteiger partial charge in [0, 0.05) is 23.3 Å². The Kier molecular flexibility index (Phi) is 5.68. The first kappa shape index (κ1) is 19.5. The average molecular weight is 418 g/mol. The van der Waals surface area contributed by atoms with E-state index in [4.69, 9.17) is 16.3 Å². The van der Waals surface area contributed by atoms with Crippen LogP contribution < -0.4 is 5.32 Å². The predicted octanol–water partition coefficient (Wildman–Crippen LogP) is 4.75. The van der Waals surface area contributed by atoms with E-state index in [0.29, 0.717) is 32.9 Å². The van der Waals surface area contributed by atoms with E-state index >= 15 is 0 Å². The molecule has 0 aliphatic carbocycles. The van der Waals surface area contributed by atoms with E-state index in [9.17, 15) is 9.59 Å². The summed E-state index contributed by atoms with van der Waals surface area (Å²) < 4.78 is 5.27. The molecular formula is C23H16ClN3O3. The van der Waals surface area contributed by atoms with Crippen LogP contribution >= 0.6 is 11.6 Å². The zero-order valence-corrected chi connectivity index (χ0v) is 16.5. The van der Waals surface area contributed by atoms with Crippen LogP contribution in [0.15, 0.2) is 79.1 Å². The van der Waals surface area contributed by atoms with Gasteiger partial charge < -0.3 is 10.1 Å². The maximum atomic E-state index is 12.8. The molecule has 0 fully saturated rings. The van der Waals surface area contributed by atoms with Crippen molar-refractivity contribution in [1.29, 1.82) is 0 Å². The van der Waals surface area contributed by atoms with Crippen molar-refractivity contribution < 1.29 is 14.3 Å². The summed E-state index contributed by atoms with van der Waals surface area (Å²) in [5, 5.41) is 3.67. The van der Waals surface area contributed by atoms with Crippen LogP contribution in [-0.2, 0) is 9.53 Å². The molecule has 1 amide bonds. The molecule has 2 heterocycles. The summed E-state index contributed by atoms with van der Waals surface area (Å²) in [6.07, 6.45) is 3.31. The number of benzene rings is 2. The first-order valence-corrected chi connectivity index (χ1v) is 9.51. The number of nitrogens with zero attached hydrogens (tertiary/aromatic N) is 2. The van der Waals surface area contributed by atoms with Crippen molar-refractivity contribution in [1.82, 2.24) is 9.97 Å². The summed E-state index contributed by atoms with van der Waals surface area (Å²) >= 11 is 6.03. The van der Waals surface area contributed by atoms with E-state index in [1.807, 2.05) is 30.3 Å². The average Bonchev–Trinajstić information content (AvgIpc) is 2.79. The van der Waals surface area contributed by atoms with Gasteiger partial charge in [0.15, 0.2) is 6.61 Å². The van der Waals surface area contributed by atoms with Gasteiger partial charge in [0.05, 0.1) is 27.5 Å². The van der Waals surface area contributed by atoms with Gasteiger partial charge in [-0.1, -0.05) is 41.9 Å². The number of para-hydroxylation sites is 2. The maximum absolute atomic E-state index is 12.8. The number of carbonyl (C=O) groups excluding carboxylic acids is 2. The Balaban J connectivity index is 1.57. The number of nitrogens with one attached hydrogen (secondary N) is 1. The number of pyridine rings is 2. The molecule has 30 heavy (non-hydrogen) atoms. The highest BCUT2D eigenvalue weighted by Gasteiger charge is 2.17. The van der Waals surface area contributed by atoms with Crippen molar-refractivity contribution in [2.24, 2.45) is 0 Å². The lowest BCUT2D eigenvalue weighted by molar-refractivity contribution is -0.119. The molecule has 4 aromatic rings. The zero-order valence-electron chi connectivity index (χ0n) is 15.7. The molecule has 0 unspecified atom stereocenters. The number of aromatic nitrogens is 2. The van der Waals surface area contributed by atoms with E-state index in [1.54, 1.807) is 48.8 Å². The Morgan fingerprint density at radius 3 is 2.50 bits per heavy atom. The van der Waals surface area contributed by atoms with E-state index in [1.165, 1.54) is 0 Å². The molecule has 1 N–H and O–H groups in total. The number of hydrogen-bond acceptors (Lipinski definition) is 5. The summed E-state index contributed by atoms with van der Waals surface area (Å²) in [5.74, 6) is -1.10. The lowest BCUT2D eigenvalue weighted by atomic mass is 10.0. The fourth-order valence-electron chi connectivity index (χ4n) is 2.97. The fourth-order valence-corrected chi connectivity index (χ4v) is 3.16. The normalized spacial score (nSPS) is 10.6. The molecule has 0 bridgehead atoms. The molecule has 0 saturated carbocycles. The first-order chi connectivity index (χ1) is 14.6. The van der Waals surface area contributed by atoms with Gasteiger partial charge in [0.1, 0.15) is 0 Å². The summed E-state index contributed by atoms with van der Waals surface area (Å²) in [6, 6.07) is 19.4. The third-order valence-corrected chi connectivity index (χ3v) is 4.72. The number of carbonyl (C=O) groups is 2. The quantitative estimate of drug-likeness (QED) is 0.474. The molecule has 6 nitrogen and oxygen atoms in total. The zero-order chi connectivity index (χ0) is 20.9. The van der Waals surface area contributed by atoms with Gasteiger partial charge in [0.2, 0.25) is 0 Å². The highest BCUT2D eigenvalue weighted by Crippen LogP contribution is 2.25. The molecule has 0 radical (unpaired) electrons. The third kappa shape index (κ3) is 4.29. The fraction of sp³-hybridized carbons (Fsp3) is 0.0435. The Hall–Kier alpha value is -3.77. The second-order valence-electron chi connectivity index (χ2n) is 6.41. The Morgan fingerprint density at radius 2 is 1.70 bits per heavy atom. The minimum atomic E-state index is -0.613. The van der Waals surface area contributed by atoms with Gasteiger partial charge in [-0.15, -0.1) is 0 Å². The van der Waals surface area contributed by atoms with Gasteiger partial charge in [-0.2, -0.15) is 0 Å². The number of anilines is 1. The van der Waals surface area contributed by atoms with E-state index in [0.717, 1.165) is 5.56 Å². The van der Waals surface area contributed by atoms with Crippen LogP contribution in [0.4, 0.5) is 5.69 Å². The van der Waals surface area contributed by atoms with E-state index < -0.39 is 18.5 Å². The summed E-state index contributed by atoms with van der Waals surface area (Å²) in [7, 11) is 0. The highest BCUT2D eigenvalue weighted by molar-refractivity contribution is 6.33. The number of ether oxygens (including phenoxy) is 1. The lowest BCUT2D eigenvalue weighted by Crippen LogP contribution is -2.21. The summed E-state index contributed by atoms with van der Waals surface area (Å²) in [6.45, 7) is -0.439. The second kappa shape index (κ2) is 8.71. The number of rotatable bonds is 5. The largest absolute Gasteiger partial charge is 0.452 e. The Morgan fingerprint density at radius 1 is 0.967 bits per heavy atom. The number of hydrogen-bond donors (Lipinski definition) is 1. The molecule has 0 atom stereocenters. The van der Waals surface area contributed by atoms with Gasteiger partial charge in [-0.3, -0.25) is 9.78 Å². The van der Waals surface area contributed by atoms with Gasteiger partial charge in [-0.05, 0) is 36.4 Å². The summed E-state index contributed by atoms with van der Waals surface area (Å²) in [4.78, 5) is 33.6. The van der Waals surface area contributed by atoms with Crippen molar-refractivity contribution in [3.8, 4) is 11.3 Å². The van der Waals surface area contributed by atoms with E-state index in [-0.39, 0.29) is 0 Å². The minimum absolute atomic E-state index is 0.331. The monoisotopic (exact) mass is 417 g/mol. The molecule has 0 spiro atoms. The van der Waals surface area contributed by atoms with Crippen LogP contribution in [0.3, 0.4) is 0 Å². The van der Waals surface area contributed by atoms with Gasteiger partial charge in [-0.25, -0.2) is 9.78 Å². The number of fused-ring (bicyclic) bond motifs is 1. The molecule has 0 aliphatic rings. The molecule has 0 saturated heterocycles. The topological polar surface area (TPSA) is 81.2 Å². The van der Waals surface area contributed by atoms with Crippen LogP contribution in [0.25, 0.3) is 22.2 Å². The minimum Gasteiger partial charge on any atom is -0.452 e. The van der Waals surface area contributed by atoms with Crippen molar-refractivity contribution in [3.63, 3.8) is 0 Å². The standard InChI is InChI=1S/C23H16ClN3O3/c24-18-6-2-4-8-20(18)27-22(28)14-30-23(29)17-13-21(15-9-11-25-12-10-15)26-19-7-3-1-5-16(17)19/h1-13H,14H2,(H,27,28). The van der Waals surface area contributed by atoms with E-state index in [2.05, 4.69) is 15.3 Å².